The van der Waals surface area contributed by atoms with Crippen LogP contribution in [0.3, 0.4) is 0 Å². The molecule has 2 atom stereocenters. The lowest BCUT2D eigenvalue weighted by Crippen LogP contribution is -2.32. The molecule has 1 nitrogen and oxygen atoms in total. The number of unbranched alkanes of at least 4 members (excludes halogenated alkanes) is 2. The van der Waals surface area contributed by atoms with Crippen LogP contribution in [0.25, 0.3) is 0 Å². The van der Waals surface area contributed by atoms with Crippen molar-refractivity contribution < 1.29 is 4.74 Å². The predicted molar refractivity (Wildman–Crippen MR) is 117 cm³/mol. The van der Waals surface area contributed by atoms with Gasteiger partial charge in [-0.05, 0) is 100 Å². The smallest absolute Gasteiger partial charge is 0.0572 e. The normalized spacial score (nSPS) is 38.3. The molecule has 2 aliphatic carbocycles. The second-order valence-corrected chi connectivity index (χ2v) is 10.0. The summed E-state index contributed by atoms with van der Waals surface area (Å²) in [5.41, 5.74) is 0. The highest BCUT2D eigenvalue weighted by Crippen LogP contribution is 2.39. The lowest BCUT2D eigenvalue weighted by molar-refractivity contribution is -0.0390. The zero-order chi connectivity index (χ0) is 18.9. The average molecular weight is 375 g/mol. The molecular weight excluding hydrogens is 328 g/mol. The molecule has 27 heavy (non-hydrogen) atoms. The molecule has 0 radical (unpaired) electrons. The number of allylic oxidation sites excluding steroid dienone is 2. The molecule has 0 bridgehead atoms. The molecule has 1 aliphatic heterocycles. The van der Waals surface area contributed by atoms with Crippen molar-refractivity contribution in [2.75, 3.05) is 6.61 Å². The fraction of sp³-hybridized carbons (Fsp3) is 0.923. The van der Waals surface area contributed by atoms with Gasteiger partial charge in [0.25, 0.3) is 0 Å². The lowest BCUT2D eigenvalue weighted by Gasteiger charge is -2.37. The quantitative estimate of drug-likeness (QED) is 0.309. The van der Waals surface area contributed by atoms with E-state index in [2.05, 4.69) is 26.0 Å². The molecule has 0 aromatic heterocycles. The van der Waals surface area contributed by atoms with Crippen LogP contribution in [0, 0.1) is 29.6 Å². The van der Waals surface area contributed by atoms with E-state index < -0.39 is 0 Å². The molecule has 0 N–H and O–H groups in total. The third-order valence-electron chi connectivity index (χ3n) is 8.11. The van der Waals surface area contributed by atoms with E-state index in [1.54, 1.807) is 0 Å². The molecule has 0 aromatic carbocycles. The van der Waals surface area contributed by atoms with E-state index in [4.69, 9.17) is 4.74 Å². The molecule has 156 valence electrons. The summed E-state index contributed by atoms with van der Waals surface area (Å²) in [6.45, 7) is 5.63. The maximum absolute atomic E-state index is 6.07. The summed E-state index contributed by atoms with van der Waals surface area (Å²) in [6, 6.07) is 0. The van der Waals surface area contributed by atoms with Gasteiger partial charge in [0.15, 0.2) is 0 Å². The van der Waals surface area contributed by atoms with Gasteiger partial charge in [-0.15, -0.1) is 0 Å². The second-order valence-electron chi connectivity index (χ2n) is 10.0. The van der Waals surface area contributed by atoms with Crippen LogP contribution in [0.15, 0.2) is 12.2 Å². The first kappa shape index (κ1) is 21.4. The molecule has 1 saturated heterocycles. The SMILES string of the molecule is CCCCCC1CCC(C=CC2CCC(C3CCC(CC)OC3)CC2)CC1. The summed E-state index contributed by atoms with van der Waals surface area (Å²) in [5.74, 6) is 4.62. The Bertz CT molecular complexity index is 404. The third kappa shape index (κ3) is 6.91. The van der Waals surface area contributed by atoms with Gasteiger partial charge in [0.2, 0.25) is 0 Å². The Morgan fingerprint density at radius 1 is 0.704 bits per heavy atom. The molecule has 3 fully saturated rings. The minimum absolute atomic E-state index is 0.558. The monoisotopic (exact) mass is 374 g/mol. The van der Waals surface area contributed by atoms with E-state index in [1.165, 1.54) is 96.3 Å². The minimum Gasteiger partial charge on any atom is -0.378 e. The van der Waals surface area contributed by atoms with E-state index in [0.717, 1.165) is 36.2 Å². The van der Waals surface area contributed by atoms with Gasteiger partial charge in [0.05, 0.1) is 12.7 Å². The molecule has 0 spiro atoms. The number of ether oxygens (including phenoxy) is 1. The van der Waals surface area contributed by atoms with Crippen LogP contribution < -0.4 is 0 Å². The van der Waals surface area contributed by atoms with Crippen molar-refractivity contribution in [3.63, 3.8) is 0 Å². The number of rotatable bonds is 8. The molecule has 0 amide bonds. The molecule has 3 rings (SSSR count). The highest BCUT2D eigenvalue weighted by Gasteiger charge is 2.30. The van der Waals surface area contributed by atoms with Crippen LogP contribution >= 0.6 is 0 Å². The first-order valence-corrected chi connectivity index (χ1v) is 12.6. The zero-order valence-corrected chi connectivity index (χ0v) is 18.3. The van der Waals surface area contributed by atoms with E-state index in [9.17, 15) is 0 Å². The van der Waals surface area contributed by atoms with Crippen LogP contribution in [0.1, 0.15) is 110 Å². The largest absolute Gasteiger partial charge is 0.378 e. The van der Waals surface area contributed by atoms with Crippen molar-refractivity contribution in [2.24, 2.45) is 29.6 Å². The summed E-state index contributed by atoms with van der Waals surface area (Å²) in [7, 11) is 0. The van der Waals surface area contributed by atoms with Gasteiger partial charge in [0.1, 0.15) is 0 Å². The Morgan fingerprint density at radius 3 is 1.89 bits per heavy atom. The van der Waals surface area contributed by atoms with Gasteiger partial charge < -0.3 is 4.74 Å². The third-order valence-corrected chi connectivity index (χ3v) is 8.11. The number of hydrogen-bond donors (Lipinski definition) is 0. The van der Waals surface area contributed by atoms with Crippen molar-refractivity contribution in [1.29, 1.82) is 0 Å². The van der Waals surface area contributed by atoms with Gasteiger partial charge in [0, 0.05) is 0 Å². The lowest BCUT2D eigenvalue weighted by atomic mass is 9.73. The highest BCUT2D eigenvalue weighted by atomic mass is 16.5. The standard InChI is InChI=1S/C26H46O/c1-3-5-6-7-21-8-10-22(11-9-21)12-13-23-14-16-24(17-15-23)25-18-19-26(4-2)27-20-25/h12-13,21-26H,3-11,14-20H2,1-2H3. The molecule has 1 heterocycles. The zero-order valence-electron chi connectivity index (χ0n) is 18.3. The summed E-state index contributed by atoms with van der Waals surface area (Å²) in [4.78, 5) is 0. The topological polar surface area (TPSA) is 9.23 Å². The maximum Gasteiger partial charge on any atom is 0.0572 e. The molecule has 1 heteroatoms. The van der Waals surface area contributed by atoms with Gasteiger partial charge >= 0.3 is 0 Å². The van der Waals surface area contributed by atoms with Crippen LogP contribution in [0.4, 0.5) is 0 Å². The Balaban J connectivity index is 1.30. The van der Waals surface area contributed by atoms with Gasteiger partial charge in [-0.25, -0.2) is 0 Å². The fourth-order valence-electron chi connectivity index (χ4n) is 6.00. The molecule has 0 aromatic rings. The first-order chi connectivity index (χ1) is 13.3. The average Bonchev–Trinajstić information content (AvgIpc) is 2.74. The van der Waals surface area contributed by atoms with Gasteiger partial charge in [-0.2, -0.15) is 0 Å². The summed E-state index contributed by atoms with van der Waals surface area (Å²) < 4.78 is 6.07. The summed E-state index contributed by atoms with van der Waals surface area (Å²) >= 11 is 0. The van der Waals surface area contributed by atoms with Gasteiger partial charge in [-0.3, -0.25) is 0 Å². The number of hydrogen-bond acceptors (Lipinski definition) is 1. The van der Waals surface area contributed by atoms with Crippen molar-refractivity contribution in [2.45, 2.75) is 116 Å². The minimum atomic E-state index is 0.558. The van der Waals surface area contributed by atoms with E-state index in [-0.39, 0.29) is 0 Å². The Hall–Kier alpha value is -0.300. The van der Waals surface area contributed by atoms with Gasteiger partial charge in [-0.1, -0.05) is 51.7 Å². The van der Waals surface area contributed by atoms with E-state index >= 15 is 0 Å². The van der Waals surface area contributed by atoms with Crippen LogP contribution in [-0.4, -0.2) is 12.7 Å². The molecule has 2 saturated carbocycles. The van der Waals surface area contributed by atoms with Crippen molar-refractivity contribution in [3.8, 4) is 0 Å². The van der Waals surface area contributed by atoms with Crippen LogP contribution in [-0.2, 0) is 4.74 Å². The van der Waals surface area contributed by atoms with Crippen molar-refractivity contribution in [3.05, 3.63) is 12.2 Å². The van der Waals surface area contributed by atoms with E-state index in [0.29, 0.717) is 6.10 Å². The van der Waals surface area contributed by atoms with Crippen molar-refractivity contribution >= 4 is 0 Å². The second kappa shape index (κ2) is 11.6. The first-order valence-electron chi connectivity index (χ1n) is 12.6. The van der Waals surface area contributed by atoms with Crippen LogP contribution in [0.2, 0.25) is 0 Å². The maximum atomic E-state index is 6.07. The molecular formula is C26H46O. The predicted octanol–water partition coefficient (Wildman–Crippen LogP) is 7.94. The fourth-order valence-corrected chi connectivity index (χ4v) is 6.00. The Morgan fingerprint density at radius 2 is 1.33 bits per heavy atom. The summed E-state index contributed by atoms with van der Waals surface area (Å²) in [5, 5.41) is 0. The summed E-state index contributed by atoms with van der Waals surface area (Å²) in [6.07, 6.45) is 27.2. The Labute approximate surface area is 169 Å². The highest BCUT2D eigenvalue weighted by molar-refractivity contribution is 4.96. The molecule has 3 aliphatic rings. The van der Waals surface area contributed by atoms with Crippen LogP contribution in [0.5, 0.6) is 0 Å². The van der Waals surface area contributed by atoms with Crippen molar-refractivity contribution in [1.82, 2.24) is 0 Å². The van der Waals surface area contributed by atoms with E-state index in [1.807, 2.05) is 0 Å². The Kier molecular flexibility index (Phi) is 9.23. The molecule has 2 unspecified atom stereocenters.